The molecule has 0 unspecified atom stereocenters. The quantitative estimate of drug-likeness (QED) is 0.260. The molecule has 10 heteroatoms. The van der Waals surface area contributed by atoms with Crippen LogP contribution < -0.4 is 10.6 Å². The Morgan fingerprint density at radius 2 is 1.71 bits per heavy atom. The number of nitrogens with one attached hydrogen (secondary N) is 3. The van der Waals surface area contributed by atoms with Crippen LogP contribution in [-0.2, 0) is 6.18 Å². The van der Waals surface area contributed by atoms with Gasteiger partial charge in [0.2, 0.25) is 0 Å². The Hall–Kier alpha value is -3.95. The molecular weight excluding hydrogens is 459 g/mol. The molecule has 2 heterocycles. The van der Waals surface area contributed by atoms with Gasteiger partial charge in [-0.25, -0.2) is 9.50 Å². The second kappa shape index (κ2) is 9.01. The number of aromatic hydroxyl groups is 1. The molecule has 2 aromatic heterocycles. The van der Waals surface area contributed by atoms with Gasteiger partial charge in [-0.3, -0.25) is 9.89 Å². The van der Waals surface area contributed by atoms with Crippen molar-refractivity contribution in [2.24, 2.45) is 0 Å². The summed E-state index contributed by atoms with van der Waals surface area (Å²) in [5.41, 5.74) is 1.38. The fourth-order valence-corrected chi connectivity index (χ4v) is 4.42. The van der Waals surface area contributed by atoms with E-state index in [9.17, 15) is 23.1 Å². The van der Waals surface area contributed by atoms with Gasteiger partial charge in [0.25, 0.3) is 5.91 Å². The van der Waals surface area contributed by atoms with Crippen molar-refractivity contribution in [3.05, 3.63) is 65.9 Å². The van der Waals surface area contributed by atoms with Crippen LogP contribution in [0.25, 0.3) is 16.9 Å². The van der Waals surface area contributed by atoms with Crippen LogP contribution in [0.4, 0.5) is 24.7 Å². The van der Waals surface area contributed by atoms with Gasteiger partial charge in [0.05, 0.1) is 5.56 Å². The minimum Gasteiger partial charge on any atom is -0.508 e. The smallest absolute Gasteiger partial charge is 0.416 e. The van der Waals surface area contributed by atoms with Crippen LogP contribution in [0.3, 0.4) is 0 Å². The lowest BCUT2D eigenvalue weighted by atomic mass is 9.95. The number of imidazole rings is 1. The summed E-state index contributed by atoms with van der Waals surface area (Å²) in [5, 5.41) is 18.8. The maximum atomic E-state index is 13.1. The molecule has 7 nitrogen and oxygen atoms in total. The highest BCUT2D eigenvalue weighted by molar-refractivity contribution is 6.08. The number of nitrogens with zero attached hydrogens (tertiary/aromatic N) is 2. The molecule has 0 atom stereocenters. The van der Waals surface area contributed by atoms with Crippen LogP contribution in [0.2, 0.25) is 0 Å². The molecule has 35 heavy (non-hydrogen) atoms. The maximum absolute atomic E-state index is 13.1. The van der Waals surface area contributed by atoms with E-state index in [0.717, 1.165) is 37.8 Å². The summed E-state index contributed by atoms with van der Waals surface area (Å²) in [6.45, 7) is 0. The van der Waals surface area contributed by atoms with Gasteiger partial charge < -0.3 is 15.7 Å². The number of amides is 1. The summed E-state index contributed by atoms with van der Waals surface area (Å²) in [7, 11) is 0. The highest BCUT2D eigenvalue weighted by Crippen LogP contribution is 2.35. The topological polar surface area (TPSA) is 94.5 Å². The number of carbonyl (C=O) groups is 1. The van der Waals surface area contributed by atoms with Gasteiger partial charge >= 0.3 is 6.18 Å². The van der Waals surface area contributed by atoms with Crippen LogP contribution in [0.1, 0.15) is 48.0 Å². The van der Waals surface area contributed by atoms with Crippen LogP contribution in [0.5, 0.6) is 5.75 Å². The minimum atomic E-state index is -4.43. The van der Waals surface area contributed by atoms with E-state index in [4.69, 9.17) is 0 Å². The molecule has 1 saturated carbocycles. The first-order valence-corrected chi connectivity index (χ1v) is 11.4. The molecule has 2 aromatic carbocycles. The van der Waals surface area contributed by atoms with E-state index in [2.05, 4.69) is 20.7 Å². The van der Waals surface area contributed by atoms with Gasteiger partial charge in [0, 0.05) is 23.5 Å². The van der Waals surface area contributed by atoms with Gasteiger partial charge in [-0.05, 0) is 49.2 Å². The van der Waals surface area contributed by atoms with Crippen molar-refractivity contribution >= 4 is 23.1 Å². The lowest BCUT2D eigenvalue weighted by molar-refractivity contribution is -0.137. The molecule has 1 amide bonds. The van der Waals surface area contributed by atoms with Crippen LogP contribution in [-0.4, -0.2) is 31.7 Å². The van der Waals surface area contributed by atoms with Crippen LogP contribution in [0, 0.1) is 0 Å². The van der Waals surface area contributed by atoms with Crippen molar-refractivity contribution in [3.63, 3.8) is 0 Å². The molecule has 1 fully saturated rings. The molecule has 4 aromatic rings. The molecule has 0 aliphatic heterocycles. The number of hydrogen-bond donors (Lipinski definition) is 4. The Labute approximate surface area is 199 Å². The highest BCUT2D eigenvalue weighted by Gasteiger charge is 2.30. The second-order valence-electron chi connectivity index (χ2n) is 8.71. The number of phenols is 1. The summed E-state index contributed by atoms with van der Waals surface area (Å²) < 4.78 is 40.9. The number of alkyl halides is 3. The predicted molar refractivity (Wildman–Crippen MR) is 127 cm³/mol. The molecule has 4 N–H and O–H groups in total. The van der Waals surface area contributed by atoms with E-state index in [1.54, 1.807) is 22.8 Å². The molecule has 182 valence electrons. The third-order valence-corrected chi connectivity index (χ3v) is 6.26. The average Bonchev–Trinajstić information content (AvgIpc) is 3.41. The van der Waals surface area contributed by atoms with E-state index in [-0.39, 0.29) is 17.4 Å². The summed E-state index contributed by atoms with van der Waals surface area (Å²) in [5.74, 6) is 0.283. The van der Waals surface area contributed by atoms with Crippen molar-refractivity contribution in [1.82, 2.24) is 14.6 Å². The number of halogens is 3. The molecule has 0 radical (unpaired) electrons. The standard InChI is InChI=1S/C25H24F3N5O2/c26-25(27,28)16-8-6-15(7-9-16)21-23(30-17-4-2-1-3-5-17)33-22(32-21)20(14-29-33)24(35)31-18-10-12-19(34)13-11-18/h6-14,17,29-30,34H,1-5H2,(H,31,35). The lowest BCUT2D eigenvalue weighted by Crippen LogP contribution is -2.23. The molecule has 1 aliphatic carbocycles. The van der Waals surface area contributed by atoms with Gasteiger partial charge in [-0.2, -0.15) is 13.2 Å². The van der Waals surface area contributed by atoms with E-state index in [1.165, 1.54) is 30.7 Å². The van der Waals surface area contributed by atoms with Gasteiger partial charge in [-0.15, -0.1) is 0 Å². The van der Waals surface area contributed by atoms with E-state index >= 15 is 0 Å². The number of fused-ring (bicyclic) bond motifs is 1. The predicted octanol–water partition coefficient (Wildman–Crippen LogP) is 6.05. The van der Waals surface area contributed by atoms with Gasteiger partial charge in [0.1, 0.15) is 17.0 Å². The molecule has 0 bridgehead atoms. The molecule has 0 spiro atoms. The number of aromatic amines is 1. The number of rotatable bonds is 5. The highest BCUT2D eigenvalue weighted by atomic mass is 19.4. The van der Waals surface area contributed by atoms with Crippen LogP contribution in [0.15, 0.2) is 54.7 Å². The van der Waals surface area contributed by atoms with Gasteiger partial charge in [-0.1, -0.05) is 31.4 Å². The number of benzene rings is 2. The zero-order valence-corrected chi connectivity index (χ0v) is 18.7. The summed E-state index contributed by atoms with van der Waals surface area (Å²) >= 11 is 0. The Kier molecular flexibility index (Phi) is 5.88. The number of carbonyl (C=O) groups excluding carboxylic acids is 1. The first kappa shape index (κ1) is 22.8. The monoisotopic (exact) mass is 483 g/mol. The zero-order chi connectivity index (χ0) is 24.6. The lowest BCUT2D eigenvalue weighted by Gasteiger charge is -2.23. The maximum Gasteiger partial charge on any atom is 0.416 e. The van der Waals surface area contributed by atoms with Crippen molar-refractivity contribution in [3.8, 4) is 17.0 Å². The zero-order valence-electron chi connectivity index (χ0n) is 18.7. The second-order valence-corrected chi connectivity index (χ2v) is 8.71. The molecular formula is C25H24F3N5O2. The third kappa shape index (κ3) is 4.68. The van der Waals surface area contributed by atoms with Crippen molar-refractivity contribution in [1.29, 1.82) is 0 Å². The molecule has 0 saturated heterocycles. The Bertz CT molecular complexity index is 1330. The van der Waals surface area contributed by atoms with Crippen LogP contribution >= 0.6 is 0 Å². The Morgan fingerprint density at radius 1 is 1.03 bits per heavy atom. The van der Waals surface area contributed by atoms with Gasteiger partial charge in [0.15, 0.2) is 11.5 Å². The summed E-state index contributed by atoms with van der Waals surface area (Å²) in [6.07, 6.45) is 2.45. The Balaban J connectivity index is 1.53. The normalized spacial score (nSPS) is 14.8. The fourth-order valence-electron chi connectivity index (χ4n) is 4.42. The molecule has 5 rings (SSSR count). The number of phenolic OH excluding ortho intramolecular Hbond substituents is 1. The van der Waals surface area contributed by atoms with Crippen molar-refractivity contribution in [2.75, 3.05) is 10.6 Å². The van der Waals surface area contributed by atoms with E-state index < -0.39 is 17.6 Å². The minimum absolute atomic E-state index is 0.0832. The van der Waals surface area contributed by atoms with Crippen molar-refractivity contribution < 1.29 is 23.1 Å². The number of aromatic nitrogens is 3. The average molecular weight is 483 g/mol. The number of anilines is 2. The van der Waals surface area contributed by atoms with Crippen molar-refractivity contribution in [2.45, 2.75) is 44.3 Å². The first-order chi connectivity index (χ1) is 16.8. The first-order valence-electron chi connectivity index (χ1n) is 11.4. The SMILES string of the molecule is O=C(Nc1ccc(O)cc1)c1c[nH]n2c(NC3CCCCC3)c(-c3ccc(C(F)(F)F)cc3)nc12. The van der Waals surface area contributed by atoms with E-state index in [0.29, 0.717) is 28.4 Å². The summed E-state index contributed by atoms with van der Waals surface area (Å²) in [4.78, 5) is 17.6. The largest absolute Gasteiger partial charge is 0.508 e. The summed E-state index contributed by atoms with van der Waals surface area (Å²) in [6, 6.07) is 11.1. The molecule has 1 aliphatic rings. The number of H-pyrrole nitrogens is 1. The fraction of sp³-hybridized carbons (Fsp3) is 0.280. The van der Waals surface area contributed by atoms with E-state index in [1.807, 2.05) is 0 Å². The third-order valence-electron chi connectivity index (χ3n) is 6.26. The number of hydrogen-bond acceptors (Lipinski definition) is 4. The Morgan fingerprint density at radius 3 is 2.37 bits per heavy atom.